The van der Waals surface area contributed by atoms with E-state index < -0.39 is 11.7 Å². The van der Waals surface area contributed by atoms with Crippen molar-refractivity contribution in [2.45, 2.75) is 5.79 Å². The van der Waals surface area contributed by atoms with Crippen LogP contribution in [0, 0.1) is 0 Å². The van der Waals surface area contributed by atoms with Gasteiger partial charge in [0.15, 0.2) is 0 Å². The van der Waals surface area contributed by atoms with Crippen molar-refractivity contribution in [3.05, 3.63) is 54.1 Å². The van der Waals surface area contributed by atoms with Crippen LogP contribution >= 0.6 is 0 Å². The van der Waals surface area contributed by atoms with Crippen LogP contribution in [0.5, 0.6) is 11.5 Å². The first kappa shape index (κ1) is 16.0. The lowest BCUT2D eigenvalue weighted by Gasteiger charge is -2.17. The summed E-state index contributed by atoms with van der Waals surface area (Å²) < 4.78 is 10.1. The molecule has 7 heteroatoms. The Morgan fingerprint density at radius 2 is 1.42 bits per heavy atom. The smallest absolute Gasteiger partial charge is 0.314 e. The van der Waals surface area contributed by atoms with E-state index in [4.69, 9.17) is 9.47 Å². The van der Waals surface area contributed by atoms with E-state index >= 15 is 0 Å². The molecule has 24 heavy (non-hydrogen) atoms. The zero-order valence-electron chi connectivity index (χ0n) is 13.1. The second kappa shape index (κ2) is 5.95. The number of hydrogen-bond acceptors (Lipinski definition) is 6. The number of methoxy groups -OCH3 is 2. The Morgan fingerprint density at radius 1 is 0.917 bits per heavy atom. The van der Waals surface area contributed by atoms with Gasteiger partial charge in [-0.2, -0.15) is 10.1 Å². The molecule has 2 aromatic carbocycles. The van der Waals surface area contributed by atoms with Gasteiger partial charge in [0, 0.05) is 5.56 Å². The van der Waals surface area contributed by atoms with E-state index in [1.54, 1.807) is 48.5 Å². The largest absolute Gasteiger partial charge is 0.497 e. The van der Waals surface area contributed by atoms with Crippen LogP contribution in [-0.2, 0) is 4.79 Å². The third-order valence-electron chi connectivity index (χ3n) is 3.70. The van der Waals surface area contributed by atoms with E-state index in [-0.39, 0.29) is 5.71 Å². The molecule has 0 bridgehead atoms. The second-order valence-electron chi connectivity index (χ2n) is 5.16. The van der Waals surface area contributed by atoms with E-state index in [1.807, 2.05) is 0 Å². The molecule has 0 aromatic heterocycles. The highest BCUT2D eigenvalue weighted by Crippen LogP contribution is 2.29. The minimum absolute atomic E-state index is 0.147. The zero-order chi connectivity index (χ0) is 17.3. The first-order valence-electron chi connectivity index (χ1n) is 7.14. The van der Waals surface area contributed by atoms with Gasteiger partial charge < -0.3 is 19.7 Å². The van der Waals surface area contributed by atoms with Crippen LogP contribution in [0.25, 0.3) is 0 Å². The molecule has 7 nitrogen and oxygen atoms in total. The lowest BCUT2D eigenvalue weighted by atomic mass is 10.0. The van der Waals surface area contributed by atoms with Crippen molar-refractivity contribution >= 4 is 17.3 Å². The number of nitrogens with zero attached hydrogens (tertiary/aromatic N) is 2. The molecule has 0 radical (unpaired) electrons. The molecule has 0 spiro atoms. The Labute approximate surface area is 138 Å². The van der Waals surface area contributed by atoms with Gasteiger partial charge in [0.25, 0.3) is 5.79 Å². The quantitative estimate of drug-likeness (QED) is 0.821. The monoisotopic (exact) mass is 328 g/mol. The predicted molar refractivity (Wildman–Crippen MR) is 87.2 cm³/mol. The van der Waals surface area contributed by atoms with Gasteiger partial charge in [-0.15, -0.1) is 0 Å². The minimum atomic E-state index is -2.70. The van der Waals surface area contributed by atoms with Crippen LogP contribution in [0.1, 0.15) is 5.56 Å². The molecule has 1 amide bonds. The number of anilines is 1. The van der Waals surface area contributed by atoms with Gasteiger partial charge in [0.1, 0.15) is 17.2 Å². The Hall–Kier alpha value is -2.90. The molecule has 0 unspecified atom stereocenters. The Bertz CT molecular complexity index is 782. The summed E-state index contributed by atoms with van der Waals surface area (Å²) in [6.07, 6.45) is 0. The number of benzene rings is 2. The normalized spacial score (nSPS) is 16.1. The molecule has 124 valence electrons. The van der Waals surface area contributed by atoms with Gasteiger partial charge in [-0.25, -0.2) is 0 Å². The number of ether oxygens (including phenoxy) is 2. The number of carbonyl (C=O) groups is 1. The van der Waals surface area contributed by atoms with Crippen molar-refractivity contribution in [1.82, 2.24) is 0 Å². The number of hydrazone groups is 1. The summed E-state index contributed by atoms with van der Waals surface area (Å²) in [5.74, 6) is -2.42. The Balaban J connectivity index is 1.99. The van der Waals surface area contributed by atoms with Crippen LogP contribution in [-0.4, -0.2) is 41.8 Å². The zero-order valence-corrected chi connectivity index (χ0v) is 13.1. The summed E-state index contributed by atoms with van der Waals surface area (Å²) in [6.45, 7) is 0. The first-order valence-corrected chi connectivity index (χ1v) is 7.14. The molecule has 0 aliphatic carbocycles. The average Bonchev–Trinajstić information content (AvgIpc) is 2.85. The van der Waals surface area contributed by atoms with Crippen LogP contribution < -0.4 is 14.5 Å². The molecular weight excluding hydrogens is 312 g/mol. The van der Waals surface area contributed by atoms with Gasteiger partial charge in [0.2, 0.25) is 0 Å². The summed E-state index contributed by atoms with van der Waals surface area (Å²) in [5, 5.41) is 25.5. The average molecular weight is 328 g/mol. The van der Waals surface area contributed by atoms with Crippen molar-refractivity contribution in [2.75, 3.05) is 19.2 Å². The van der Waals surface area contributed by atoms with Crippen molar-refractivity contribution in [1.29, 1.82) is 0 Å². The molecule has 0 saturated carbocycles. The van der Waals surface area contributed by atoms with Crippen molar-refractivity contribution in [3.63, 3.8) is 0 Å². The lowest BCUT2D eigenvalue weighted by Crippen LogP contribution is -2.46. The number of carbonyl (C=O) groups excluding carboxylic acids is 1. The number of hydrogen-bond donors (Lipinski definition) is 2. The van der Waals surface area contributed by atoms with Gasteiger partial charge in [-0.3, -0.25) is 4.79 Å². The summed E-state index contributed by atoms with van der Waals surface area (Å²) in [7, 11) is 3.06. The fourth-order valence-corrected chi connectivity index (χ4v) is 2.37. The topological polar surface area (TPSA) is 91.6 Å². The van der Waals surface area contributed by atoms with Gasteiger partial charge >= 0.3 is 5.91 Å². The highest BCUT2D eigenvalue weighted by Gasteiger charge is 2.49. The molecule has 2 aromatic rings. The Morgan fingerprint density at radius 3 is 1.92 bits per heavy atom. The summed E-state index contributed by atoms with van der Waals surface area (Å²) in [6, 6.07) is 13.0. The van der Waals surface area contributed by atoms with Crippen molar-refractivity contribution < 1.29 is 24.5 Å². The highest BCUT2D eigenvalue weighted by atomic mass is 16.5. The van der Waals surface area contributed by atoms with Crippen molar-refractivity contribution in [2.24, 2.45) is 5.10 Å². The highest BCUT2D eigenvalue weighted by molar-refractivity contribution is 6.26. The molecule has 1 aliphatic heterocycles. The maximum Gasteiger partial charge on any atom is 0.314 e. The molecule has 0 saturated heterocycles. The van der Waals surface area contributed by atoms with E-state index in [0.717, 1.165) is 5.01 Å². The van der Waals surface area contributed by atoms with Gasteiger partial charge in [-0.05, 0) is 48.5 Å². The summed E-state index contributed by atoms with van der Waals surface area (Å²) in [4.78, 5) is 12.3. The van der Waals surface area contributed by atoms with Crippen LogP contribution in [0.15, 0.2) is 53.6 Å². The molecule has 3 rings (SSSR count). The Kier molecular flexibility index (Phi) is 3.96. The minimum Gasteiger partial charge on any atom is -0.497 e. The number of amides is 1. The SMILES string of the molecule is COc1ccc(C2=NN(c3ccc(OC)cc3)C(=O)C2(O)O)cc1. The van der Waals surface area contributed by atoms with Gasteiger partial charge in [-0.1, -0.05) is 0 Å². The number of aliphatic hydroxyl groups is 2. The molecule has 2 N–H and O–H groups in total. The number of rotatable bonds is 4. The molecule has 1 heterocycles. The second-order valence-corrected chi connectivity index (χ2v) is 5.16. The van der Waals surface area contributed by atoms with Crippen LogP contribution in [0.2, 0.25) is 0 Å². The molecule has 0 fully saturated rings. The fourth-order valence-electron chi connectivity index (χ4n) is 2.37. The van der Waals surface area contributed by atoms with Crippen LogP contribution in [0.4, 0.5) is 5.69 Å². The fraction of sp³-hybridized carbons (Fsp3) is 0.176. The van der Waals surface area contributed by atoms with E-state index in [2.05, 4.69) is 5.10 Å². The standard InChI is InChI=1S/C17H16N2O5/c1-23-13-7-3-11(4-8-13)15-17(21,22)16(20)19(18-15)12-5-9-14(24-2)10-6-12/h3-10,21-22H,1-2H3. The first-order chi connectivity index (χ1) is 11.5. The lowest BCUT2D eigenvalue weighted by molar-refractivity contribution is -0.155. The third kappa shape index (κ3) is 2.60. The molecular formula is C17H16N2O5. The van der Waals surface area contributed by atoms with Gasteiger partial charge in [0.05, 0.1) is 19.9 Å². The molecule has 1 aliphatic rings. The summed E-state index contributed by atoms with van der Waals surface area (Å²) >= 11 is 0. The molecule has 0 atom stereocenters. The maximum absolute atomic E-state index is 12.3. The van der Waals surface area contributed by atoms with Crippen LogP contribution in [0.3, 0.4) is 0 Å². The van der Waals surface area contributed by atoms with E-state index in [1.165, 1.54) is 14.2 Å². The maximum atomic E-state index is 12.3. The predicted octanol–water partition coefficient (Wildman–Crippen LogP) is 1.14. The summed E-state index contributed by atoms with van der Waals surface area (Å²) in [5.41, 5.74) is 0.660. The van der Waals surface area contributed by atoms with Crippen molar-refractivity contribution in [3.8, 4) is 11.5 Å². The van der Waals surface area contributed by atoms with E-state index in [9.17, 15) is 15.0 Å². The van der Waals surface area contributed by atoms with E-state index in [0.29, 0.717) is 22.7 Å². The third-order valence-corrected chi connectivity index (χ3v) is 3.70.